The minimum absolute atomic E-state index is 0.303. The van der Waals surface area contributed by atoms with Crippen molar-refractivity contribution in [2.45, 2.75) is 68.6 Å². The van der Waals surface area contributed by atoms with Crippen LogP contribution in [0.25, 0.3) is 5.76 Å². The number of allylic oxidation sites excluding steroid dienone is 1. The Labute approximate surface area is 174 Å². The van der Waals surface area contributed by atoms with Crippen molar-refractivity contribution < 1.29 is 29.6 Å². The molecule has 0 aliphatic carbocycles. The fraction of sp³-hybridized carbons (Fsp3) is 0.526. The van der Waals surface area contributed by atoms with Crippen molar-refractivity contribution in [3.8, 4) is 0 Å². The maximum Gasteiger partial charge on any atom is 0.524 e. The van der Waals surface area contributed by atoms with Gasteiger partial charge in [0.1, 0.15) is 5.76 Å². The van der Waals surface area contributed by atoms with E-state index >= 15 is 0 Å². The van der Waals surface area contributed by atoms with E-state index in [0.29, 0.717) is 32.8 Å². The zero-order valence-electron chi connectivity index (χ0n) is 17.3. The molecule has 0 fully saturated rings. The van der Waals surface area contributed by atoms with Crippen molar-refractivity contribution in [1.29, 1.82) is 0 Å². The van der Waals surface area contributed by atoms with Gasteiger partial charge in [-0.3, -0.25) is 0 Å². The molecule has 4 nitrogen and oxygen atoms in total. The van der Waals surface area contributed by atoms with Gasteiger partial charge in [0.25, 0.3) is 8.32 Å². The lowest BCUT2D eigenvalue weighted by atomic mass is 10.2. The van der Waals surface area contributed by atoms with Crippen LogP contribution in [0.1, 0.15) is 47.1 Å². The predicted octanol–water partition coefficient (Wildman–Crippen LogP) is 6.44. The molecule has 1 aliphatic heterocycles. The summed E-state index contributed by atoms with van der Waals surface area (Å²) in [6.45, 7) is 12.8. The van der Waals surface area contributed by atoms with Crippen LogP contribution >= 0.6 is 10.8 Å². The molecule has 1 aromatic carbocycles. The van der Waals surface area contributed by atoms with Gasteiger partial charge in [-0.2, -0.15) is 25.2 Å². The van der Waals surface area contributed by atoms with E-state index in [1.807, 2.05) is 0 Å². The number of benzene rings is 1. The molecule has 164 valence electrons. The van der Waals surface area contributed by atoms with Crippen LogP contribution in [0.3, 0.4) is 0 Å². The Morgan fingerprint density at radius 3 is 1.97 bits per heavy atom. The second kappa shape index (κ2) is 8.56. The molecule has 10 heteroatoms. The second-order valence-electron chi connectivity index (χ2n) is 7.85. The lowest BCUT2D eigenvalue weighted by Crippen LogP contribution is -2.47. The molecule has 1 atom stereocenters. The van der Waals surface area contributed by atoms with Crippen LogP contribution in [0.15, 0.2) is 35.2 Å². The SMILES string of the molecule is CC(C)[Si](OC1=CC=S(OS(=O)(=O)C(F)(F)F)c2ccccc21)(C(C)C)C(C)C. The summed E-state index contributed by atoms with van der Waals surface area (Å²) < 4.78 is 72.5. The molecule has 0 amide bonds. The van der Waals surface area contributed by atoms with E-state index in [0.717, 1.165) is 0 Å². The van der Waals surface area contributed by atoms with E-state index in [9.17, 15) is 21.6 Å². The van der Waals surface area contributed by atoms with Crippen molar-refractivity contribution in [3.63, 3.8) is 0 Å². The molecule has 1 aromatic rings. The third kappa shape index (κ3) is 4.65. The molecule has 0 saturated carbocycles. The summed E-state index contributed by atoms with van der Waals surface area (Å²) in [7, 11) is -9.71. The molecule has 0 saturated heterocycles. The van der Waals surface area contributed by atoms with Gasteiger partial charge in [0.05, 0.1) is 0 Å². The molecule has 2 rings (SSSR count). The summed E-state index contributed by atoms with van der Waals surface area (Å²) >= 11 is 0. The van der Waals surface area contributed by atoms with Crippen molar-refractivity contribution in [2.75, 3.05) is 0 Å². The maximum absolute atomic E-state index is 12.8. The van der Waals surface area contributed by atoms with E-state index < -0.39 is 34.7 Å². The van der Waals surface area contributed by atoms with Gasteiger partial charge in [-0.1, -0.05) is 59.7 Å². The van der Waals surface area contributed by atoms with Crippen LogP contribution in [0, 0.1) is 0 Å². The minimum atomic E-state index is -5.71. The Bertz CT molecular complexity index is 898. The first-order valence-corrected chi connectivity index (χ1v) is 14.1. The van der Waals surface area contributed by atoms with Gasteiger partial charge in [-0.15, -0.1) is 0 Å². The Balaban J connectivity index is 2.54. The first kappa shape index (κ1) is 24.2. The molecular formula is C19H27F3O4S2Si. The van der Waals surface area contributed by atoms with Crippen LogP contribution in [-0.2, 0) is 18.2 Å². The van der Waals surface area contributed by atoms with Gasteiger partial charge < -0.3 is 4.43 Å². The number of hydrogen-bond acceptors (Lipinski definition) is 4. The van der Waals surface area contributed by atoms with E-state index in [-0.39, 0.29) is 0 Å². The summed E-state index contributed by atoms with van der Waals surface area (Å²) in [6, 6.07) is 6.67. The van der Waals surface area contributed by atoms with E-state index in [1.54, 1.807) is 30.3 Å². The average molecular weight is 469 g/mol. The lowest BCUT2D eigenvalue weighted by molar-refractivity contribution is -0.0494. The first-order valence-electron chi connectivity index (χ1n) is 9.32. The second-order valence-corrected chi connectivity index (χ2v) is 16.4. The van der Waals surface area contributed by atoms with Crippen molar-refractivity contribution in [3.05, 3.63) is 35.9 Å². The molecule has 0 spiro atoms. The van der Waals surface area contributed by atoms with Crippen LogP contribution in [-0.4, -0.2) is 27.6 Å². The van der Waals surface area contributed by atoms with Crippen LogP contribution in [0.4, 0.5) is 13.2 Å². The van der Waals surface area contributed by atoms with Gasteiger partial charge in [-0.05, 0) is 44.9 Å². The van der Waals surface area contributed by atoms with E-state index in [2.05, 4.69) is 45.2 Å². The Morgan fingerprint density at radius 2 is 1.48 bits per heavy atom. The monoisotopic (exact) mass is 468 g/mol. The largest absolute Gasteiger partial charge is 0.542 e. The fourth-order valence-corrected chi connectivity index (χ4v) is 11.8. The van der Waals surface area contributed by atoms with Gasteiger partial charge in [-0.25, -0.2) is 0 Å². The van der Waals surface area contributed by atoms with Crippen LogP contribution in [0.2, 0.25) is 16.6 Å². The number of hydrogen-bond donors (Lipinski definition) is 0. The number of halogens is 3. The Hall–Kier alpha value is -1.10. The summed E-state index contributed by atoms with van der Waals surface area (Å²) in [5, 5.41) is 1.33. The zero-order valence-corrected chi connectivity index (χ0v) is 19.9. The average Bonchev–Trinajstić information content (AvgIpc) is 2.59. The standard InChI is InChI=1S/C19H27F3O4S2Si/c1-13(2)29(14(3)4,15(5)6)25-17-11-12-27(18-10-8-7-9-16(17)18)26-28(23,24)19(20,21)22/h7-15H,1-6H3. The molecule has 1 aliphatic rings. The Morgan fingerprint density at radius 1 is 0.966 bits per heavy atom. The molecule has 1 unspecified atom stereocenters. The quantitative estimate of drug-likeness (QED) is 0.262. The summed E-state index contributed by atoms with van der Waals surface area (Å²) in [5.41, 5.74) is -4.00. The molecule has 0 bridgehead atoms. The molecule has 29 heavy (non-hydrogen) atoms. The van der Waals surface area contributed by atoms with Gasteiger partial charge in [0.15, 0.2) is 0 Å². The van der Waals surface area contributed by atoms with Crippen molar-refractivity contribution in [1.82, 2.24) is 0 Å². The summed E-state index contributed by atoms with van der Waals surface area (Å²) in [4.78, 5) is 0.358. The smallest absolute Gasteiger partial charge is 0.524 e. The molecule has 0 radical (unpaired) electrons. The fourth-order valence-electron chi connectivity index (χ4n) is 3.96. The number of alkyl halides is 3. The van der Waals surface area contributed by atoms with Gasteiger partial charge >= 0.3 is 15.6 Å². The highest BCUT2D eigenvalue weighted by atomic mass is 32.3. The lowest BCUT2D eigenvalue weighted by Gasteiger charge is -2.43. The molecule has 0 N–H and O–H groups in total. The zero-order chi connectivity index (χ0) is 22.2. The third-order valence-electron chi connectivity index (χ3n) is 5.15. The highest BCUT2D eigenvalue weighted by Crippen LogP contribution is 2.48. The van der Waals surface area contributed by atoms with Gasteiger partial charge in [0, 0.05) is 10.5 Å². The number of fused-ring (bicyclic) bond motifs is 1. The topological polar surface area (TPSA) is 52.6 Å². The molecule has 0 aromatic heterocycles. The first-order chi connectivity index (χ1) is 13.2. The molecular weight excluding hydrogens is 441 g/mol. The number of rotatable bonds is 7. The predicted molar refractivity (Wildman–Crippen MR) is 115 cm³/mol. The van der Waals surface area contributed by atoms with Crippen LogP contribution < -0.4 is 0 Å². The normalized spacial score (nSPS) is 17.9. The Kier molecular flexibility index (Phi) is 7.14. The minimum Gasteiger partial charge on any atom is -0.542 e. The summed E-state index contributed by atoms with van der Waals surface area (Å²) in [5.74, 6) is 0.556. The van der Waals surface area contributed by atoms with E-state index in [4.69, 9.17) is 4.43 Å². The van der Waals surface area contributed by atoms with Crippen LogP contribution in [0.5, 0.6) is 0 Å². The van der Waals surface area contributed by atoms with Crippen molar-refractivity contribution in [2.24, 2.45) is 0 Å². The molecule has 1 heterocycles. The summed E-state index contributed by atoms with van der Waals surface area (Å²) in [6.07, 6.45) is 1.55. The third-order valence-corrected chi connectivity index (χ3v) is 14.2. The van der Waals surface area contributed by atoms with Crippen molar-refractivity contribution >= 4 is 40.3 Å². The highest BCUT2D eigenvalue weighted by molar-refractivity contribution is 8.16. The van der Waals surface area contributed by atoms with Gasteiger partial charge in [0.2, 0.25) is 0 Å². The highest BCUT2D eigenvalue weighted by Gasteiger charge is 2.49. The maximum atomic E-state index is 12.8. The van der Waals surface area contributed by atoms with E-state index in [1.165, 1.54) is 5.37 Å².